The van der Waals surface area contributed by atoms with E-state index < -0.39 is 17.8 Å². The first-order valence-electron chi connectivity index (χ1n) is 20.1. The number of rotatable bonds is 10. The summed E-state index contributed by atoms with van der Waals surface area (Å²) in [4.78, 5) is 31.6. The molecule has 11 heteroatoms. The van der Waals surface area contributed by atoms with Gasteiger partial charge in [-0.3, -0.25) is 10.1 Å². The Morgan fingerprint density at radius 2 is 1.33 bits per heavy atom. The quantitative estimate of drug-likeness (QED) is 0.161. The highest BCUT2D eigenvalue weighted by atomic mass is 35.5. The van der Waals surface area contributed by atoms with Crippen LogP contribution in [-0.4, -0.2) is 63.9 Å². The fourth-order valence-corrected chi connectivity index (χ4v) is 8.31. The Hall–Kier alpha value is -3.21. The van der Waals surface area contributed by atoms with Gasteiger partial charge in [0.05, 0.1) is 12.2 Å². The average molecular weight is 796 g/mol. The number of pyridine rings is 1. The zero-order valence-corrected chi connectivity index (χ0v) is 34.2. The molecule has 3 heterocycles. The minimum Gasteiger partial charge on any atom is -0.444 e. The summed E-state index contributed by atoms with van der Waals surface area (Å²) < 4.78 is 5.32. The molecule has 6 rings (SSSR count). The number of benzene rings is 2. The molecule has 0 spiro atoms. The zero-order chi connectivity index (χ0) is 39.4. The number of aromatic nitrogens is 1. The first-order chi connectivity index (χ1) is 26.3. The first-order valence-corrected chi connectivity index (χ1v) is 20.9. The second kappa shape index (κ2) is 20.8. The molecular weight excluding hydrogens is 735 g/mol. The number of piperidine rings is 2. The van der Waals surface area contributed by atoms with E-state index in [2.05, 4.69) is 15.6 Å². The zero-order valence-electron chi connectivity index (χ0n) is 32.7. The third-order valence-electron chi connectivity index (χ3n) is 11.2. The number of amides is 2. The monoisotopic (exact) mass is 794 g/mol. The third-order valence-corrected chi connectivity index (χ3v) is 11.7. The molecule has 3 aromatic rings. The average Bonchev–Trinajstić information content (AvgIpc) is 3.16. The summed E-state index contributed by atoms with van der Waals surface area (Å²) in [5.41, 5.74) is 2.45. The lowest BCUT2D eigenvalue weighted by atomic mass is 9.78. The molecule has 1 saturated carbocycles. The molecule has 4 N–H and O–H groups in total. The van der Waals surface area contributed by atoms with Gasteiger partial charge >= 0.3 is 6.09 Å². The molecule has 3 aliphatic rings. The van der Waals surface area contributed by atoms with Gasteiger partial charge in [0.25, 0.3) is 0 Å². The summed E-state index contributed by atoms with van der Waals surface area (Å²) >= 11 is 11.8. The van der Waals surface area contributed by atoms with Crippen molar-refractivity contribution in [3.05, 3.63) is 93.6 Å². The van der Waals surface area contributed by atoms with Crippen molar-refractivity contribution < 1.29 is 24.5 Å². The van der Waals surface area contributed by atoms with Crippen LogP contribution in [0.3, 0.4) is 0 Å². The van der Waals surface area contributed by atoms with Crippen molar-refractivity contribution in [3.8, 4) is 0 Å². The number of anilines is 1. The SMILES string of the molecule is CC(C)(C)OC(=O)Nc1cc(CC2CCC(C(=O)N3CCC(CC(O)c4ccc(Cl)cc4)CC3)CC2)ccn1.OC(CC1CCNCC1)c1ccc(Cl)cc1. The van der Waals surface area contributed by atoms with Crippen LogP contribution in [-0.2, 0) is 16.0 Å². The predicted octanol–water partition coefficient (Wildman–Crippen LogP) is 9.56. The highest BCUT2D eigenvalue weighted by molar-refractivity contribution is 6.30. The first kappa shape index (κ1) is 42.9. The minimum atomic E-state index is -0.561. The van der Waals surface area contributed by atoms with Crippen molar-refractivity contribution in [2.75, 3.05) is 31.5 Å². The number of hydrogen-bond donors (Lipinski definition) is 4. The van der Waals surface area contributed by atoms with Gasteiger partial charge in [0.1, 0.15) is 11.4 Å². The minimum absolute atomic E-state index is 0.110. The number of likely N-dealkylation sites (tertiary alicyclic amines) is 1. The largest absolute Gasteiger partial charge is 0.444 e. The number of nitrogens with one attached hydrogen (secondary N) is 2. The van der Waals surface area contributed by atoms with Gasteiger partial charge in [-0.2, -0.15) is 0 Å². The number of carbonyl (C=O) groups is 2. The molecule has 9 nitrogen and oxygen atoms in total. The Morgan fingerprint density at radius 3 is 1.85 bits per heavy atom. The Kier molecular flexibility index (Phi) is 16.2. The van der Waals surface area contributed by atoms with Gasteiger partial charge in [-0.15, -0.1) is 0 Å². The van der Waals surface area contributed by atoms with Crippen molar-refractivity contribution in [3.63, 3.8) is 0 Å². The van der Waals surface area contributed by atoms with Crippen LogP contribution in [0.15, 0.2) is 66.9 Å². The maximum atomic E-state index is 13.3. The molecule has 0 radical (unpaired) electrons. The number of aliphatic hydroxyl groups is 2. The second-order valence-electron chi connectivity index (χ2n) is 16.7. The van der Waals surface area contributed by atoms with E-state index in [1.54, 1.807) is 6.20 Å². The van der Waals surface area contributed by atoms with Crippen LogP contribution in [0.4, 0.5) is 10.6 Å². The highest BCUT2D eigenvalue weighted by Gasteiger charge is 2.32. The van der Waals surface area contributed by atoms with E-state index in [9.17, 15) is 19.8 Å². The van der Waals surface area contributed by atoms with E-state index in [1.807, 2.05) is 86.3 Å². The maximum Gasteiger partial charge on any atom is 0.413 e. The summed E-state index contributed by atoms with van der Waals surface area (Å²) in [6, 6.07) is 18.8. The molecule has 2 unspecified atom stereocenters. The lowest BCUT2D eigenvalue weighted by molar-refractivity contribution is -0.138. The standard InChI is InChI=1S/C31H42ClN3O4.C13H18ClNO/c1-31(2,3)39-30(38)34-28-20-23(12-15-33-28)18-21-4-6-25(7-5-21)29(37)35-16-13-22(14-17-35)19-27(36)24-8-10-26(32)11-9-24;14-12-3-1-11(2-4-12)13(16)9-10-5-7-15-8-6-10/h8-12,15,20-22,25,27,36H,4-7,13-14,16-19H2,1-3H3,(H,33,34,38);1-4,10,13,15-16H,5-9H2. The number of hydrogen-bond acceptors (Lipinski definition) is 7. The second-order valence-corrected chi connectivity index (χ2v) is 17.5. The fourth-order valence-electron chi connectivity index (χ4n) is 8.06. The molecule has 2 aliphatic heterocycles. The molecule has 2 amide bonds. The number of halogens is 2. The van der Waals surface area contributed by atoms with Crippen LogP contribution < -0.4 is 10.6 Å². The summed E-state index contributed by atoms with van der Waals surface area (Å²) in [5, 5.41) is 28.2. The smallest absolute Gasteiger partial charge is 0.413 e. The van der Waals surface area contributed by atoms with Crippen LogP contribution in [0.5, 0.6) is 0 Å². The summed E-state index contributed by atoms with van der Waals surface area (Å²) in [6.07, 6.45) is 11.0. The maximum absolute atomic E-state index is 13.3. The lowest BCUT2D eigenvalue weighted by Crippen LogP contribution is -2.43. The summed E-state index contributed by atoms with van der Waals surface area (Å²) in [6.45, 7) is 9.21. The van der Waals surface area contributed by atoms with E-state index in [-0.39, 0.29) is 12.0 Å². The van der Waals surface area contributed by atoms with Gasteiger partial charge < -0.3 is 25.2 Å². The van der Waals surface area contributed by atoms with Crippen molar-refractivity contribution in [1.29, 1.82) is 0 Å². The van der Waals surface area contributed by atoms with Crippen LogP contribution in [0, 0.1) is 23.7 Å². The summed E-state index contributed by atoms with van der Waals surface area (Å²) in [5.74, 6) is 2.50. The molecule has 2 saturated heterocycles. The van der Waals surface area contributed by atoms with Crippen molar-refractivity contribution in [2.24, 2.45) is 23.7 Å². The number of carbonyl (C=O) groups excluding carboxylic acids is 2. The Labute approximate surface area is 337 Å². The molecule has 1 aromatic heterocycles. The van der Waals surface area contributed by atoms with Gasteiger partial charge in [0, 0.05) is 35.2 Å². The topological polar surface area (TPSA) is 124 Å². The lowest BCUT2D eigenvalue weighted by Gasteiger charge is -2.37. The van der Waals surface area contributed by atoms with Gasteiger partial charge in [-0.25, -0.2) is 9.78 Å². The highest BCUT2D eigenvalue weighted by Crippen LogP contribution is 2.35. The van der Waals surface area contributed by atoms with E-state index in [1.165, 1.54) is 12.8 Å². The fraction of sp³-hybridized carbons (Fsp3) is 0.568. The van der Waals surface area contributed by atoms with E-state index >= 15 is 0 Å². The van der Waals surface area contributed by atoms with Gasteiger partial charge in [-0.1, -0.05) is 47.5 Å². The number of ether oxygens (including phenoxy) is 1. The molecule has 1 aliphatic carbocycles. The molecular formula is C44H60Cl2N4O5. The Morgan fingerprint density at radius 1 is 0.800 bits per heavy atom. The normalized spacial score (nSPS) is 20.8. The van der Waals surface area contributed by atoms with Gasteiger partial charge in [0.15, 0.2) is 0 Å². The van der Waals surface area contributed by atoms with Crippen LogP contribution in [0.25, 0.3) is 0 Å². The molecule has 2 atom stereocenters. The van der Waals surface area contributed by atoms with Crippen LogP contribution >= 0.6 is 23.2 Å². The predicted molar refractivity (Wildman–Crippen MR) is 220 cm³/mol. The van der Waals surface area contributed by atoms with Crippen LogP contribution in [0.1, 0.15) is 114 Å². The third kappa shape index (κ3) is 14.3. The molecule has 2 aromatic carbocycles. The van der Waals surface area contributed by atoms with E-state index in [0.717, 1.165) is 106 Å². The number of nitrogens with zero attached hydrogens (tertiary/aromatic N) is 2. The van der Waals surface area contributed by atoms with E-state index in [0.29, 0.717) is 34.5 Å². The molecule has 55 heavy (non-hydrogen) atoms. The van der Waals surface area contributed by atoms with E-state index in [4.69, 9.17) is 27.9 Å². The van der Waals surface area contributed by atoms with Crippen molar-refractivity contribution in [1.82, 2.24) is 15.2 Å². The Balaban J connectivity index is 0.000000301. The molecule has 300 valence electrons. The van der Waals surface area contributed by atoms with Crippen molar-refractivity contribution >= 4 is 41.0 Å². The van der Waals surface area contributed by atoms with Crippen LogP contribution in [0.2, 0.25) is 10.0 Å². The van der Waals surface area contributed by atoms with Gasteiger partial charge in [-0.05, 0) is 175 Å². The Bertz CT molecular complexity index is 1630. The number of aliphatic hydroxyl groups excluding tert-OH is 2. The molecule has 3 fully saturated rings. The van der Waals surface area contributed by atoms with Gasteiger partial charge in [0.2, 0.25) is 5.91 Å². The van der Waals surface area contributed by atoms with Crippen molar-refractivity contribution in [2.45, 2.75) is 109 Å². The summed E-state index contributed by atoms with van der Waals surface area (Å²) in [7, 11) is 0. The molecule has 0 bridgehead atoms.